The van der Waals surface area contributed by atoms with Crippen LogP contribution in [0.25, 0.3) is 0 Å². The van der Waals surface area contributed by atoms with Crippen molar-refractivity contribution in [2.24, 2.45) is 0 Å². The number of hydrogen-bond donors (Lipinski definition) is 1. The minimum absolute atomic E-state index is 0.00344. The van der Waals surface area contributed by atoms with Gasteiger partial charge in [-0.05, 0) is 18.1 Å². The minimum atomic E-state index is -0.438. The van der Waals surface area contributed by atoms with Crippen LogP contribution in [0, 0.1) is 10.1 Å². The van der Waals surface area contributed by atoms with Crippen LogP contribution < -0.4 is 10.1 Å². The maximum Gasteiger partial charge on any atom is 0.269 e. The number of nitro groups is 1. The molecule has 0 aliphatic carbocycles. The van der Waals surface area contributed by atoms with Crippen LogP contribution in [0.15, 0.2) is 48.5 Å². The highest BCUT2D eigenvalue weighted by atomic mass is 16.6. The summed E-state index contributed by atoms with van der Waals surface area (Å²) in [5.74, 6) is 0.275. The van der Waals surface area contributed by atoms with Crippen molar-refractivity contribution < 1.29 is 14.5 Å². The van der Waals surface area contributed by atoms with Gasteiger partial charge >= 0.3 is 0 Å². The van der Waals surface area contributed by atoms with E-state index < -0.39 is 4.92 Å². The molecule has 0 fully saturated rings. The summed E-state index contributed by atoms with van der Waals surface area (Å²) in [5.41, 5.74) is 1.70. The van der Waals surface area contributed by atoms with Crippen molar-refractivity contribution in [2.45, 2.75) is 19.8 Å². The van der Waals surface area contributed by atoms with Crippen LogP contribution in [-0.4, -0.2) is 24.0 Å². The Bertz CT molecular complexity index is 701. The van der Waals surface area contributed by atoms with E-state index in [0.29, 0.717) is 24.3 Å². The number of carbonyl (C=O) groups is 1. The van der Waals surface area contributed by atoms with Crippen molar-refractivity contribution in [1.29, 1.82) is 0 Å². The Hall–Kier alpha value is -2.89. The number of ether oxygens (including phenoxy) is 1. The molecule has 24 heavy (non-hydrogen) atoms. The lowest BCUT2D eigenvalue weighted by molar-refractivity contribution is -0.384. The second-order valence-corrected chi connectivity index (χ2v) is 5.35. The molecular formula is C18H20N2O4. The van der Waals surface area contributed by atoms with Crippen molar-refractivity contribution in [2.75, 3.05) is 13.2 Å². The maximum absolute atomic E-state index is 11.7. The Morgan fingerprint density at radius 3 is 2.62 bits per heavy atom. The maximum atomic E-state index is 11.7. The molecule has 0 atom stereocenters. The molecule has 1 amide bonds. The van der Waals surface area contributed by atoms with Gasteiger partial charge in [0.25, 0.3) is 11.6 Å². The van der Waals surface area contributed by atoms with Crippen LogP contribution in [0.4, 0.5) is 5.69 Å². The van der Waals surface area contributed by atoms with Crippen LogP contribution in [0.3, 0.4) is 0 Å². The fourth-order valence-corrected chi connectivity index (χ4v) is 2.23. The van der Waals surface area contributed by atoms with Gasteiger partial charge in [0.2, 0.25) is 0 Å². The highest BCUT2D eigenvalue weighted by Gasteiger charge is 2.13. The van der Waals surface area contributed by atoms with Gasteiger partial charge in [0.1, 0.15) is 5.75 Å². The van der Waals surface area contributed by atoms with Gasteiger partial charge in [0.15, 0.2) is 6.61 Å². The molecule has 0 radical (unpaired) electrons. The first-order valence-corrected chi connectivity index (χ1v) is 7.81. The molecule has 2 rings (SSSR count). The molecule has 0 aliphatic rings. The number of nitrogens with one attached hydrogen (secondary N) is 1. The van der Waals surface area contributed by atoms with Crippen molar-refractivity contribution in [3.05, 3.63) is 69.8 Å². The molecule has 0 saturated carbocycles. The van der Waals surface area contributed by atoms with Crippen molar-refractivity contribution >= 4 is 11.6 Å². The fourth-order valence-electron chi connectivity index (χ4n) is 2.23. The summed E-state index contributed by atoms with van der Waals surface area (Å²) in [6, 6.07) is 14.0. The van der Waals surface area contributed by atoms with Gasteiger partial charge in [0.05, 0.1) is 4.92 Å². The first kappa shape index (κ1) is 17.5. The van der Waals surface area contributed by atoms with E-state index in [1.54, 1.807) is 6.07 Å². The number of nitro benzene ring substituents is 1. The van der Waals surface area contributed by atoms with Crippen LogP contribution in [0.1, 0.15) is 24.5 Å². The third-order valence-corrected chi connectivity index (χ3v) is 3.42. The SMILES string of the molecule is CCCNC(=O)COc1ccc([N+](=O)[O-])cc1Cc1ccccc1. The molecule has 126 valence electrons. The predicted molar refractivity (Wildman–Crippen MR) is 91.1 cm³/mol. The fraction of sp³-hybridized carbons (Fsp3) is 0.278. The summed E-state index contributed by atoms with van der Waals surface area (Å²) >= 11 is 0. The second-order valence-electron chi connectivity index (χ2n) is 5.35. The number of nitrogens with zero attached hydrogens (tertiary/aromatic N) is 1. The van der Waals surface area contributed by atoms with Crippen LogP contribution in [0.5, 0.6) is 5.75 Å². The summed E-state index contributed by atoms with van der Waals surface area (Å²) in [7, 11) is 0. The Morgan fingerprint density at radius 1 is 1.21 bits per heavy atom. The summed E-state index contributed by atoms with van der Waals surface area (Å²) < 4.78 is 5.57. The van der Waals surface area contributed by atoms with Gasteiger partial charge in [-0.25, -0.2) is 0 Å². The number of benzene rings is 2. The second kappa shape index (κ2) is 8.67. The molecular weight excluding hydrogens is 308 g/mol. The zero-order chi connectivity index (χ0) is 17.4. The van der Waals surface area contributed by atoms with Gasteiger partial charge in [-0.2, -0.15) is 0 Å². The predicted octanol–water partition coefficient (Wildman–Crippen LogP) is 3.09. The van der Waals surface area contributed by atoms with E-state index in [9.17, 15) is 14.9 Å². The van der Waals surface area contributed by atoms with Gasteiger partial charge in [-0.1, -0.05) is 37.3 Å². The van der Waals surface area contributed by atoms with E-state index in [4.69, 9.17) is 4.74 Å². The highest BCUT2D eigenvalue weighted by Crippen LogP contribution is 2.26. The summed E-state index contributed by atoms with van der Waals surface area (Å²) in [4.78, 5) is 22.2. The number of amides is 1. The first-order chi connectivity index (χ1) is 11.6. The third-order valence-electron chi connectivity index (χ3n) is 3.42. The van der Waals surface area contributed by atoms with E-state index in [1.807, 2.05) is 37.3 Å². The summed E-state index contributed by atoms with van der Waals surface area (Å²) in [5, 5.41) is 13.7. The van der Waals surface area contributed by atoms with Crippen molar-refractivity contribution in [1.82, 2.24) is 5.32 Å². The van der Waals surface area contributed by atoms with E-state index in [2.05, 4.69) is 5.32 Å². The molecule has 0 aliphatic heterocycles. The number of rotatable bonds is 8. The molecule has 1 N–H and O–H groups in total. The molecule has 0 bridgehead atoms. The van der Waals surface area contributed by atoms with E-state index >= 15 is 0 Å². The average Bonchev–Trinajstić information content (AvgIpc) is 2.59. The molecule has 0 spiro atoms. The number of hydrogen-bond acceptors (Lipinski definition) is 4. The molecule has 0 heterocycles. The zero-order valence-corrected chi connectivity index (χ0v) is 13.5. The molecule has 0 saturated heterocycles. The van der Waals surface area contributed by atoms with Gasteiger partial charge in [-0.3, -0.25) is 14.9 Å². The Labute approximate surface area is 140 Å². The molecule has 6 nitrogen and oxygen atoms in total. The van der Waals surface area contributed by atoms with Crippen LogP contribution in [-0.2, 0) is 11.2 Å². The largest absolute Gasteiger partial charge is 0.483 e. The highest BCUT2D eigenvalue weighted by molar-refractivity contribution is 5.77. The van der Waals surface area contributed by atoms with Crippen LogP contribution in [0.2, 0.25) is 0 Å². The quantitative estimate of drug-likeness (QED) is 0.596. The van der Waals surface area contributed by atoms with Gasteiger partial charge < -0.3 is 10.1 Å². The van der Waals surface area contributed by atoms with Crippen LogP contribution >= 0.6 is 0 Å². The average molecular weight is 328 g/mol. The number of non-ortho nitro benzene ring substituents is 1. The van der Waals surface area contributed by atoms with E-state index in [-0.39, 0.29) is 18.2 Å². The smallest absolute Gasteiger partial charge is 0.269 e. The normalized spacial score (nSPS) is 10.2. The third kappa shape index (κ3) is 5.08. The minimum Gasteiger partial charge on any atom is -0.483 e. The molecule has 0 unspecified atom stereocenters. The lowest BCUT2D eigenvalue weighted by Gasteiger charge is -2.12. The standard InChI is InChI=1S/C18H20N2O4/c1-2-10-19-18(21)13-24-17-9-8-16(20(22)23)12-15(17)11-14-6-4-3-5-7-14/h3-9,12H,2,10-11,13H2,1H3,(H,19,21). The molecule has 2 aromatic carbocycles. The molecule has 0 aromatic heterocycles. The molecule has 2 aromatic rings. The Morgan fingerprint density at radius 2 is 1.96 bits per heavy atom. The lowest BCUT2D eigenvalue weighted by atomic mass is 10.0. The Kier molecular flexibility index (Phi) is 6.31. The summed E-state index contributed by atoms with van der Waals surface area (Å²) in [6.07, 6.45) is 1.34. The van der Waals surface area contributed by atoms with Crippen molar-refractivity contribution in [3.8, 4) is 5.75 Å². The lowest BCUT2D eigenvalue weighted by Crippen LogP contribution is -2.29. The van der Waals surface area contributed by atoms with E-state index in [1.165, 1.54) is 12.1 Å². The number of carbonyl (C=O) groups excluding carboxylic acids is 1. The van der Waals surface area contributed by atoms with E-state index in [0.717, 1.165) is 12.0 Å². The summed E-state index contributed by atoms with van der Waals surface area (Å²) in [6.45, 7) is 2.45. The first-order valence-electron chi connectivity index (χ1n) is 7.81. The Balaban J connectivity index is 2.16. The van der Waals surface area contributed by atoms with Crippen molar-refractivity contribution in [3.63, 3.8) is 0 Å². The van der Waals surface area contributed by atoms with Gasteiger partial charge in [0, 0.05) is 30.7 Å². The molecule has 6 heteroatoms. The van der Waals surface area contributed by atoms with Gasteiger partial charge in [-0.15, -0.1) is 0 Å². The zero-order valence-electron chi connectivity index (χ0n) is 13.5. The monoisotopic (exact) mass is 328 g/mol. The topological polar surface area (TPSA) is 81.5 Å².